The van der Waals surface area contributed by atoms with Crippen LogP contribution in [0.4, 0.5) is 0 Å². The molecule has 2 N–H and O–H groups in total. The monoisotopic (exact) mass is 241 g/mol. The van der Waals surface area contributed by atoms with Gasteiger partial charge in [-0.2, -0.15) is 0 Å². The van der Waals surface area contributed by atoms with Crippen molar-refractivity contribution in [2.75, 3.05) is 0 Å². The minimum atomic E-state index is -0.368. The molecule has 0 fully saturated rings. The predicted molar refractivity (Wildman–Crippen MR) is 66.5 cm³/mol. The van der Waals surface area contributed by atoms with Gasteiger partial charge in [0.1, 0.15) is 0 Å². The molecule has 0 radical (unpaired) electrons. The lowest BCUT2D eigenvalue weighted by Crippen LogP contribution is -2.34. The number of hydrogen-bond acceptors (Lipinski definition) is 3. The van der Waals surface area contributed by atoms with Gasteiger partial charge in [-0.05, 0) is 38.1 Å². The number of aliphatic hydroxyl groups excluding tert-OH is 1. The van der Waals surface area contributed by atoms with Crippen molar-refractivity contribution in [3.05, 3.63) is 22.4 Å². The van der Waals surface area contributed by atoms with Crippen molar-refractivity contribution < 1.29 is 9.90 Å². The van der Waals surface area contributed by atoms with Crippen LogP contribution in [0.15, 0.2) is 17.5 Å². The molecule has 2 atom stereocenters. The van der Waals surface area contributed by atoms with E-state index >= 15 is 0 Å². The maximum Gasteiger partial charge on any atom is 0.220 e. The lowest BCUT2D eigenvalue weighted by atomic mass is 10.1. The Kier molecular flexibility index (Phi) is 5.49. The van der Waals surface area contributed by atoms with E-state index < -0.39 is 0 Å². The van der Waals surface area contributed by atoms with Gasteiger partial charge in [0.15, 0.2) is 0 Å². The van der Waals surface area contributed by atoms with Crippen LogP contribution in [-0.2, 0) is 11.2 Å². The molecular formula is C12H19NO2S. The Hall–Kier alpha value is -0.870. The molecule has 1 aromatic heterocycles. The van der Waals surface area contributed by atoms with E-state index in [-0.39, 0.29) is 18.1 Å². The van der Waals surface area contributed by atoms with Gasteiger partial charge < -0.3 is 10.4 Å². The number of carbonyl (C=O) groups is 1. The van der Waals surface area contributed by atoms with Gasteiger partial charge in [0.2, 0.25) is 5.91 Å². The van der Waals surface area contributed by atoms with Crippen LogP contribution in [0.5, 0.6) is 0 Å². The summed E-state index contributed by atoms with van der Waals surface area (Å²) in [5.74, 6) is 0.0570. The molecule has 0 aliphatic carbocycles. The van der Waals surface area contributed by atoms with E-state index in [4.69, 9.17) is 5.11 Å². The van der Waals surface area contributed by atoms with E-state index in [1.165, 1.54) is 4.88 Å². The molecule has 0 saturated heterocycles. The number of aliphatic hydroxyl groups is 1. The zero-order valence-electron chi connectivity index (χ0n) is 9.77. The van der Waals surface area contributed by atoms with Crippen LogP contribution in [0, 0.1) is 0 Å². The Labute approximate surface area is 100 Å². The number of amides is 1. The van der Waals surface area contributed by atoms with Gasteiger partial charge >= 0.3 is 0 Å². The molecule has 0 aliphatic rings. The fourth-order valence-electron chi connectivity index (χ4n) is 1.61. The molecule has 0 aliphatic heterocycles. The minimum absolute atomic E-state index is 0.0378. The van der Waals surface area contributed by atoms with E-state index in [1.807, 2.05) is 24.4 Å². The van der Waals surface area contributed by atoms with Gasteiger partial charge in [0, 0.05) is 17.3 Å². The van der Waals surface area contributed by atoms with Crippen molar-refractivity contribution in [2.24, 2.45) is 0 Å². The summed E-state index contributed by atoms with van der Waals surface area (Å²) in [6.07, 6.45) is 1.55. The van der Waals surface area contributed by atoms with E-state index in [0.29, 0.717) is 12.8 Å². The van der Waals surface area contributed by atoms with Gasteiger partial charge in [0.05, 0.1) is 6.10 Å². The van der Waals surface area contributed by atoms with Crippen molar-refractivity contribution in [3.8, 4) is 0 Å². The van der Waals surface area contributed by atoms with Crippen molar-refractivity contribution in [1.82, 2.24) is 5.32 Å². The highest BCUT2D eigenvalue weighted by Gasteiger charge is 2.09. The summed E-state index contributed by atoms with van der Waals surface area (Å²) >= 11 is 1.67. The van der Waals surface area contributed by atoms with Gasteiger partial charge in [-0.3, -0.25) is 4.79 Å². The summed E-state index contributed by atoms with van der Waals surface area (Å²) in [5, 5.41) is 14.1. The first-order chi connectivity index (χ1) is 7.58. The van der Waals surface area contributed by atoms with Crippen LogP contribution >= 0.6 is 11.3 Å². The van der Waals surface area contributed by atoms with Crippen LogP contribution in [0.2, 0.25) is 0 Å². The second-order valence-corrected chi connectivity index (χ2v) is 5.16. The van der Waals surface area contributed by atoms with Gasteiger partial charge in [-0.25, -0.2) is 0 Å². The predicted octanol–water partition coefficient (Wildman–Crippen LogP) is 1.96. The Morgan fingerprint density at radius 3 is 2.88 bits per heavy atom. The highest BCUT2D eigenvalue weighted by Crippen LogP contribution is 2.10. The van der Waals surface area contributed by atoms with E-state index in [9.17, 15) is 4.79 Å². The quantitative estimate of drug-likeness (QED) is 0.800. The molecule has 1 amide bonds. The number of rotatable bonds is 6. The molecule has 3 nitrogen and oxygen atoms in total. The Morgan fingerprint density at radius 2 is 2.31 bits per heavy atom. The van der Waals surface area contributed by atoms with Crippen molar-refractivity contribution in [1.29, 1.82) is 0 Å². The van der Waals surface area contributed by atoms with Gasteiger partial charge in [0.25, 0.3) is 0 Å². The van der Waals surface area contributed by atoms with Crippen LogP contribution in [0.1, 0.15) is 31.6 Å². The molecule has 0 spiro atoms. The molecule has 1 rings (SSSR count). The second-order valence-electron chi connectivity index (χ2n) is 4.13. The minimum Gasteiger partial charge on any atom is -0.393 e. The summed E-state index contributed by atoms with van der Waals surface area (Å²) in [5.41, 5.74) is 0. The lowest BCUT2D eigenvalue weighted by molar-refractivity contribution is -0.121. The summed E-state index contributed by atoms with van der Waals surface area (Å²) in [6.45, 7) is 3.64. The molecule has 0 saturated carbocycles. The standard InChI is InChI=1S/C12H19NO2S/c1-9(8-10(2)14)13-12(15)6-5-11-4-3-7-16-11/h3-4,7,9-10,14H,5-6,8H2,1-2H3,(H,13,15). The first-order valence-corrected chi connectivity index (χ1v) is 6.45. The van der Waals surface area contributed by atoms with Crippen LogP contribution in [-0.4, -0.2) is 23.2 Å². The fourth-order valence-corrected chi connectivity index (χ4v) is 2.32. The molecule has 0 aromatic carbocycles. The first kappa shape index (κ1) is 13.2. The maximum atomic E-state index is 11.5. The fraction of sp³-hybridized carbons (Fsp3) is 0.583. The van der Waals surface area contributed by atoms with Gasteiger partial charge in [-0.15, -0.1) is 11.3 Å². The lowest BCUT2D eigenvalue weighted by Gasteiger charge is -2.15. The molecular weight excluding hydrogens is 222 g/mol. The molecule has 2 unspecified atom stereocenters. The molecule has 90 valence electrons. The average molecular weight is 241 g/mol. The molecule has 1 heterocycles. The second kappa shape index (κ2) is 6.66. The van der Waals surface area contributed by atoms with Gasteiger partial charge in [-0.1, -0.05) is 6.07 Å². The number of hydrogen-bond donors (Lipinski definition) is 2. The third kappa shape index (κ3) is 5.28. The summed E-state index contributed by atoms with van der Waals surface area (Å²) in [4.78, 5) is 12.8. The number of thiophene rings is 1. The van der Waals surface area contributed by atoms with E-state index in [0.717, 1.165) is 6.42 Å². The highest BCUT2D eigenvalue weighted by atomic mass is 32.1. The number of carbonyl (C=O) groups excluding carboxylic acids is 1. The van der Waals surface area contributed by atoms with Crippen LogP contribution in [0.3, 0.4) is 0 Å². The average Bonchev–Trinajstić information content (AvgIpc) is 2.65. The number of nitrogens with one attached hydrogen (secondary N) is 1. The van der Waals surface area contributed by atoms with Crippen LogP contribution < -0.4 is 5.32 Å². The Bertz CT molecular complexity index is 309. The SMILES string of the molecule is CC(O)CC(C)NC(=O)CCc1cccs1. The van der Waals surface area contributed by atoms with Crippen LogP contribution in [0.25, 0.3) is 0 Å². The topological polar surface area (TPSA) is 49.3 Å². The molecule has 0 bridgehead atoms. The summed E-state index contributed by atoms with van der Waals surface area (Å²) in [6, 6.07) is 4.07. The third-order valence-electron chi connectivity index (χ3n) is 2.28. The summed E-state index contributed by atoms with van der Waals surface area (Å²) < 4.78 is 0. The first-order valence-electron chi connectivity index (χ1n) is 5.57. The molecule has 1 aromatic rings. The molecule has 16 heavy (non-hydrogen) atoms. The summed E-state index contributed by atoms with van der Waals surface area (Å²) in [7, 11) is 0. The normalized spacial score (nSPS) is 14.4. The Balaban J connectivity index is 2.20. The highest BCUT2D eigenvalue weighted by molar-refractivity contribution is 7.09. The maximum absolute atomic E-state index is 11.5. The van der Waals surface area contributed by atoms with E-state index in [2.05, 4.69) is 5.32 Å². The zero-order valence-corrected chi connectivity index (χ0v) is 10.6. The Morgan fingerprint density at radius 1 is 1.56 bits per heavy atom. The largest absolute Gasteiger partial charge is 0.393 e. The number of aryl methyl sites for hydroxylation is 1. The third-order valence-corrected chi connectivity index (χ3v) is 3.22. The molecule has 4 heteroatoms. The van der Waals surface area contributed by atoms with Crippen molar-refractivity contribution >= 4 is 17.2 Å². The van der Waals surface area contributed by atoms with Crippen molar-refractivity contribution in [3.63, 3.8) is 0 Å². The smallest absolute Gasteiger partial charge is 0.220 e. The van der Waals surface area contributed by atoms with E-state index in [1.54, 1.807) is 18.3 Å². The van der Waals surface area contributed by atoms with Crippen molar-refractivity contribution in [2.45, 2.75) is 45.3 Å². The zero-order chi connectivity index (χ0) is 12.0.